The van der Waals surface area contributed by atoms with Crippen molar-refractivity contribution in [2.75, 3.05) is 34.4 Å². The number of nitrogens with zero attached hydrogens (tertiary/aromatic N) is 1. The molecule has 3 rings (SSSR count). The Morgan fingerprint density at radius 1 is 1.07 bits per heavy atom. The van der Waals surface area contributed by atoms with Crippen LogP contribution in [-0.4, -0.2) is 45.2 Å². The maximum Gasteiger partial charge on any atom is 0.222 e. The Morgan fingerprint density at radius 2 is 1.73 bits per heavy atom. The van der Waals surface area contributed by atoms with Crippen LogP contribution in [0.1, 0.15) is 36.6 Å². The van der Waals surface area contributed by atoms with E-state index in [0.29, 0.717) is 12.3 Å². The molecule has 1 atom stereocenters. The quantitative estimate of drug-likeness (QED) is 0.718. The second kappa shape index (κ2) is 9.85. The van der Waals surface area contributed by atoms with Crippen LogP contribution in [-0.2, 0) is 17.8 Å². The number of carbonyl (C=O) groups excluding carboxylic acids is 1. The van der Waals surface area contributed by atoms with E-state index in [1.165, 1.54) is 16.7 Å². The molecule has 0 bridgehead atoms. The molecule has 1 amide bonds. The normalized spacial score (nSPS) is 16.1. The van der Waals surface area contributed by atoms with E-state index in [2.05, 4.69) is 34.5 Å². The third-order valence-corrected chi connectivity index (χ3v) is 5.65. The second-order valence-electron chi connectivity index (χ2n) is 7.89. The fourth-order valence-corrected chi connectivity index (χ4v) is 3.88. The van der Waals surface area contributed by atoms with Gasteiger partial charge < -0.3 is 19.5 Å². The summed E-state index contributed by atoms with van der Waals surface area (Å²) >= 11 is 0. The number of hydrogen-bond donors (Lipinski definition) is 1. The number of hydrogen-bond acceptors (Lipinski definition) is 5. The Balaban J connectivity index is 1.90. The zero-order valence-electron chi connectivity index (χ0n) is 18.5. The molecule has 0 saturated carbocycles. The highest BCUT2D eigenvalue weighted by atomic mass is 16.5. The lowest BCUT2D eigenvalue weighted by molar-refractivity contribution is -0.124. The number of methoxy groups -OCH3 is 3. The van der Waals surface area contributed by atoms with Crippen LogP contribution in [0.5, 0.6) is 17.2 Å². The lowest BCUT2D eigenvalue weighted by Crippen LogP contribution is -2.42. The molecule has 2 aromatic carbocycles. The summed E-state index contributed by atoms with van der Waals surface area (Å²) in [6, 6.07) is 12.3. The van der Waals surface area contributed by atoms with Gasteiger partial charge in [-0.1, -0.05) is 26.0 Å². The van der Waals surface area contributed by atoms with Crippen molar-refractivity contribution in [3.8, 4) is 17.2 Å². The number of rotatable bonds is 8. The Hall–Kier alpha value is -2.73. The van der Waals surface area contributed by atoms with Gasteiger partial charge in [-0.15, -0.1) is 0 Å². The molecule has 162 valence electrons. The third-order valence-electron chi connectivity index (χ3n) is 5.65. The third kappa shape index (κ3) is 4.87. The smallest absolute Gasteiger partial charge is 0.222 e. The minimum Gasteiger partial charge on any atom is -0.497 e. The van der Waals surface area contributed by atoms with Crippen LogP contribution in [0.15, 0.2) is 36.4 Å². The van der Waals surface area contributed by atoms with Crippen molar-refractivity contribution < 1.29 is 19.0 Å². The van der Waals surface area contributed by atoms with Gasteiger partial charge in [0.05, 0.1) is 27.4 Å². The monoisotopic (exact) mass is 412 g/mol. The van der Waals surface area contributed by atoms with E-state index < -0.39 is 0 Å². The summed E-state index contributed by atoms with van der Waals surface area (Å²) in [5, 5.41) is 3.12. The van der Waals surface area contributed by atoms with E-state index in [1.54, 1.807) is 21.3 Å². The van der Waals surface area contributed by atoms with Gasteiger partial charge in [-0.25, -0.2) is 0 Å². The van der Waals surface area contributed by atoms with Crippen molar-refractivity contribution >= 4 is 5.91 Å². The van der Waals surface area contributed by atoms with Crippen molar-refractivity contribution in [2.24, 2.45) is 5.92 Å². The van der Waals surface area contributed by atoms with E-state index in [-0.39, 0.29) is 17.9 Å². The lowest BCUT2D eigenvalue weighted by atomic mass is 9.91. The Morgan fingerprint density at radius 3 is 2.33 bits per heavy atom. The first kappa shape index (κ1) is 22.0. The summed E-state index contributed by atoms with van der Waals surface area (Å²) in [6.45, 7) is 6.06. The zero-order valence-corrected chi connectivity index (χ0v) is 18.5. The van der Waals surface area contributed by atoms with Gasteiger partial charge in [0.2, 0.25) is 5.91 Å². The van der Waals surface area contributed by atoms with Gasteiger partial charge in [-0.05, 0) is 47.4 Å². The van der Waals surface area contributed by atoms with Crippen molar-refractivity contribution in [3.05, 3.63) is 53.1 Å². The molecule has 1 aliphatic heterocycles. The summed E-state index contributed by atoms with van der Waals surface area (Å²) in [5.41, 5.74) is 3.62. The topological polar surface area (TPSA) is 60.0 Å². The molecule has 0 aliphatic carbocycles. The maximum absolute atomic E-state index is 12.3. The van der Waals surface area contributed by atoms with Crippen LogP contribution in [0.2, 0.25) is 0 Å². The molecular weight excluding hydrogens is 380 g/mol. The molecule has 0 saturated heterocycles. The Labute approximate surface area is 179 Å². The van der Waals surface area contributed by atoms with E-state index in [1.807, 2.05) is 26.0 Å². The van der Waals surface area contributed by atoms with E-state index in [0.717, 1.165) is 31.0 Å². The van der Waals surface area contributed by atoms with Crippen LogP contribution >= 0.6 is 0 Å². The zero-order chi connectivity index (χ0) is 21.7. The standard InChI is InChI=1S/C24H32N2O4/c1-16(2)24(27)25-14-21-20-13-23(30-5)22(29-4)12-18(20)10-11-26(21)15-17-6-8-19(28-3)9-7-17/h6-9,12-13,16,21H,10-11,14-15H2,1-5H3,(H,25,27). The largest absolute Gasteiger partial charge is 0.497 e. The van der Waals surface area contributed by atoms with Crippen LogP contribution in [0.4, 0.5) is 0 Å². The van der Waals surface area contributed by atoms with E-state index in [9.17, 15) is 4.79 Å². The van der Waals surface area contributed by atoms with Crippen LogP contribution < -0.4 is 19.5 Å². The fraction of sp³-hybridized carbons (Fsp3) is 0.458. The second-order valence-corrected chi connectivity index (χ2v) is 7.89. The van der Waals surface area contributed by atoms with Gasteiger partial charge in [0.25, 0.3) is 0 Å². The molecule has 0 fully saturated rings. The van der Waals surface area contributed by atoms with Gasteiger partial charge in [0, 0.05) is 25.6 Å². The molecule has 1 heterocycles. The van der Waals surface area contributed by atoms with Gasteiger partial charge in [0.1, 0.15) is 5.75 Å². The number of ether oxygens (including phenoxy) is 3. The highest BCUT2D eigenvalue weighted by molar-refractivity contribution is 5.77. The highest BCUT2D eigenvalue weighted by Gasteiger charge is 2.29. The van der Waals surface area contributed by atoms with E-state index in [4.69, 9.17) is 14.2 Å². The predicted octanol–water partition coefficient (Wildman–Crippen LogP) is 3.58. The molecule has 2 aromatic rings. The molecule has 30 heavy (non-hydrogen) atoms. The fourth-order valence-electron chi connectivity index (χ4n) is 3.88. The Kier molecular flexibility index (Phi) is 7.21. The van der Waals surface area contributed by atoms with Crippen LogP contribution in [0.3, 0.4) is 0 Å². The van der Waals surface area contributed by atoms with Gasteiger partial charge in [-0.3, -0.25) is 9.69 Å². The molecule has 6 heteroatoms. The molecule has 0 radical (unpaired) electrons. The highest BCUT2D eigenvalue weighted by Crippen LogP contribution is 2.38. The number of nitrogens with one attached hydrogen (secondary N) is 1. The van der Waals surface area contributed by atoms with Crippen molar-refractivity contribution in [2.45, 2.75) is 32.9 Å². The summed E-state index contributed by atoms with van der Waals surface area (Å²) in [7, 11) is 4.98. The molecule has 0 spiro atoms. The maximum atomic E-state index is 12.3. The van der Waals surface area contributed by atoms with Crippen molar-refractivity contribution in [1.29, 1.82) is 0 Å². The minimum absolute atomic E-state index is 0.0477. The van der Waals surface area contributed by atoms with E-state index >= 15 is 0 Å². The molecular formula is C24H32N2O4. The minimum atomic E-state index is -0.0477. The van der Waals surface area contributed by atoms with Crippen molar-refractivity contribution in [3.63, 3.8) is 0 Å². The first-order chi connectivity index (χ1) is 14.5. The predicted molar refractivity (Wildman–Crippen MR) is 117 cm³/mol. The number of benzene rings is 2. The molecule has 0 aromatic heterocycles. The van der Waals surface area contributed by atoms with Crippen molar-refractivity contribution in [1.82, 2.24) is 10.2 Å². The first-order valence-corrected chi connectivity index (χ1v) is 10.4. The van der Waals surface area contributed by atoms with Gasteiger partial charge >= 0.3 is 0 Å². The molecule has 1 unspecified atom stereocenters. The SMILES string of the molecule is COc1ccc(CN2CCc3cc(OC)c(OC)cc3C2CNC(=O)C(C)C)cc1. The first-order valence-electron chi connectivity index (χ1n) is 10.4. The Bertz CT molecular complexity index is 864. The number of fused-ring (bicyclic) bond motifs is 1. The van der Waals surface area contributed by atoms with Crippen LogP contribution in [0, 0.1) is 5.92 Å². The number of carbonyl (C=O) groups is 1. The van der Waals surface area contributed by atoms with Gasteiger partial charge in [0.15, 0.2) is 11.5 Å². The summed E-state index contributed by atoms with van der Waals surface area (Å²) in [6.07, 6.45) is 0.917. The summed E-state index contributed by atoms with van der Waals surface area (Å²) in [4.78, 5) is 14.7. The average molecular weight is 413 g/mol. The molecule has 6 nitrogen and oxygen atoms in total. The van der Waals surface area contributed by atoms with Gasteiger partial charge in [-0.2, -0.15) is 0 Å². The molecule has 1 aliphatic rings. The lowest BCUT2D eigenvalue weighted by Gasteiger charge is -2.38. The summed E-state index contributed by atoms with van der Waals surface area (Å²) < 4.78 is 16.3. The number of amides is 1. The molecule has 1 N–H and O–H groups in total. The average Bonchev–Trinajstić information content (AvgIpc) is 2.77. The summed E-state index contributed by atoms with van der Waals surface area (Å²) in [5.74, 6) is 2.31. The van der Waals surface area contributed by atoms with Crippen LogP contribution in [0.25, 0.3) is 0 Å².